The summed E-state index contributed by atoms with van der Waals surface area (Å²) in [7, 11) is 0. The van der Waals surface area contributed by atoms with Crippen molar-refractivity contribution < 1.29 is 9.18 Å². The van der Waals surface area contributed by atoms with Gasteiger partial charge in [0.25, 0.3) is 5.56 Å². The molecule has 0 unspecified atom stereocenters. The molecule has 0 fully saturated rings. The zero-order chi connectivity index (χ0) is 21.3. The Morgan fingerprint density at radius 1 is 1.23 bits per heavy atom. The van der Waals surface area contributed by atoms with Crippen LogP contribution in [0.2, 0.25) is 0 Å². The Morgan fingerprint density at radius 2 is 2.00 bits per heavy atom. The van der Waals surface area contributed by atoms with E-state index in [-0.39, 0.29) is 17.0 Å². The lowest BCUT2D eigenvalue weighted by molar-refractivity contribution is -0.113. The molecule has 4 rings (SSSR count). The Kier molecular flexibility index (Phi) is 5.74. The molecule has 2 heterocycles. The lowest BCUT2D eigenvalue weighted by Crippen LogP contribution is -2.23. The summed E-state index contributed by atoms with van der Waals surface area (Å²) in [6, 6.07) is 15.3. The van der Waals surface area contributed by atoms with Gasteiger partial charge in [-0.1, -0.05) is 45.9 Å². The third-order valence-electron chi connectivity index (χ3n) is 4.31. The van der Waals surface area contributed by atoms with Gasteiger partial charge in [0.05, 0.1) is 22.6 Å². The van der Waals surface area contributed by atoms with E-state index < -0.39 is 11.7 Å². The minimum atomic E-state index is -0.536. The normalized spacial score (nSPS) is 11.0. The fourth-order valence-electron chi connectivity index (χ4n) is 2.99. The van der Waals surface area contributed by atoms with Crippen LogP contribution in [-0.4, -0.2) is 26.2 Å². The summed E-state index contributed by atoms with van der Waals surface area (Å²) in [6.45, 7) is 1.85. The van der Waals surface area contributed by atoms with Gasteiger partial charge < -0.3 is 10.3 Å². The van der Waals surface area contributed by atoms with Gasteiger partial charge in [0, 0.05) is 10.2 Å². The zero-order valence-electron chi connectivity index (χ0n) is 15.8. The van der Waals surface area contributed by atoms with Crippen LogP contribution in [0.1, 0.15) is 5.69 Å². The number of aromatic nitrogens is 3. The Balaban J connectivity index is 1.64. The summed E-state index contributed by atoms with van der Waals surface area (Å²) in [6.07, 6.45) is 0. The number of H-pyrrole nitrogens is 1. The Morgan fingerprint density at radius 3 is 2.73 bits per heavy atom. The average molecular weight is 487 g/mol. The highest BCUT2D eigenvalue weighted by Crippen LogP contribution is 2.23. The van der Waals surface area contributed by atoms with Crippen molar-refractivity contribution in [1.82, 2.24) is 14.5 Å². The molecular weight excluding hydrogens is 471 g/mol. The first-order valence-electron chi connectivity index (χ1n) is 8.98. The van der Waals surface area contributed by atoms with Crippen LogP contribution in [0.25, 0.3) is 16.7 Å². The number of amides is 1. The SMILES string of the molecule is Cc1cc2nc(SCC(=O)Nc3ccc(Br)cc3F)n(-c3ccccc3)c(=O)c2[nH]1. The smallest absolute Gasteiger partial charge is 0.283 e. The lowest BCUT2D eigenvalue weighted by atomic mass is 10.3. The second-order valence-electron chi connectivity index (χ2n) is 6.54. The van der Waals surface area contributed by atoms with Gasteiger partial charge in [0.15, 0.2) is 5.16 Å². The largest absolute Gasteiger partial charge is 0.353 e. The van der Waals surface area contributed by atoms with Gasteiger partial charge in [-0.2, -0.15) is 0 Å². The van der Waals surface area contributed by atoms with Crippen molar-refractivity contribution in [2.75, 3.05) is 11.1 Å². The number of rotatable bonds is 5. The summed E-state index contributed by atoms with van der Waals surface area (Å²) in [5.41, 5.74) is 2.24. The summed E-state index contributed by atoms with van der Waals surface area (Å²) in [5.74, 6) is -0.976. The first-order valence-corrected chi connectivity index (χ1v) is 10.8. The highest BCUT2D eigenvalue weighted by molar-refractivity contribution is 9.10. The van der Waals surface area contributed by atoms with Crippen LogP contribution < -0.4 is 10.9 Å². The quantitative estimate of drug-likeness (QED) is 0.317. The molecule has 152 valence electrons. The van der Waals surface area contributed by atoms with E-state index in [4.69, 9.17) is 0 Å². The zero-order valence-corrected chi connectivity index (χ0v) is 18.2. The van der Waals surface area contributed by atoms with Gasteiger partial charge in [0.2, 0.25) is 5.91 Å². The van der Waals surface area contributed by atoms with Crippen LogP contribution in [0, 0.1) is 12.7 Å². The van der Waals surface area contributed by atoms with Crippen molar-refractivity contribution >= 4 is 50.3 Å². The molecule has 0 aliphatic rings. The van der Waals surface area contributed by atoms with Gasteiger partial charge in [0.1, 0.15) is 11.3 Å². The third kappa shape index (κ3) is 4.17. The molecule has 0 saturated heterocycles. The van der Waals surface area contributed by atoms with E-state index in [1.54, 1.807) is 24.3 Å². The van der Waals surface area contributed by atoms with Gasteiger partial charge in [-0.15, -0.1) is 0 Å². The summed E-state index contributed by atoms with van der Waals surface area (Å²) in [5, 5.41) is 2.92. The highest BCUT2D eigenvalue weighted by atomic mass is 79.9. The van der Waals surface area contributed by atoms with Gasteiger partial charge in [-0.25, -0.2) is 9.37 Å². The molecule has 0 aliphatic heterocycles. The van der Waals surface area contributed by atoms with Crippen molar-refractivity contribution in [2.24, 2.45) is 0 Å². The highest BCUT2D eigenvalue weighted by Gasteiger charge is 2.16. The molecule has 0 aliphatic carbocycles. The summed E-state index contributed by atoms with van der Waals surface area (Å²) in [4.78, 5) is 33.1. The molecule has 0 atom stereocenters. The van der Waals surface area contributed by atoms with Crippen LogP contribution in [0.15, 0.2) is 69.0 Å². The van der Waals surface area contributed by atoms with Gasteiger partial charge in [-0.05, 0) is 43.3 Å². The Labute approximate surface area is 183 Å². The fraction of sp³-hybridized carbons (Fsp3) is 0.0952. The van der Waals surface area contributed by atoms with Crippen molar-refractivity contribution in [3.8, 4) is 5.69 Å². The molecule has 4 aromatic rings. The summed E-state index contributed by atoms with van der Waals surface area (Å²) < 4.78 is 16.0. The number of thioether (sulfide) groups is 1. The standard InChI is InChI=1S/C21H16BrFN4O2S/c1-12-9-17-19(24-12)20(29)27(14-5-3-2-4-6-14)21(26-17)30-11-18(28)25-16-8-7-13(22)10-15(16)23/h2-10,24H,11H2,1H3,(H,25,28). The van der Waals surface area contributed by atoms with E-state index in [2.05, 4.69) is 31.2 Å². The second kappa shape index (κ2) is 8.45. The number of fused-ring (bicyclic) bond motifs is 1. The first-order chi connectivity index (χ1) is 14.4. The molecule has 2 N–H and O–H groups in total. The monoisotopic (exact) mass is 486 g/mol. The number of aryl methyl sites for hydroxylation is 1. The number of hydrogen-bond donors (Lipinski definition) is 2. The maximum absolute atomic E-state index is 14.0. The first kappa shape index (κ1) is 20.4. The molecule has 30 heavy (non-hydrogen) atoms. The molecular formula is C21H16BrFN4O2S. The average Bonchev–Trinajstić information content (AvgIpc) is 3.10. The van der Waals surface area contributed by atoms with Crippen molar-refractivity contribution in [3.63, 3.8) is 0 Å². The van der Waals surface area contributed by atoms with Crippen molar-refractivity contribution in [1.29, 1.82) is 0 Å². The minimum Gasteiger partial charge on any atom is -0.353 e. The number of nitrogens with one attached hydrogen (secondary N) is 2. The molecule has 0 saturated carbocycles. The van der Waals surface area contributed by atoms with Crippen molar-refractivity contribution in [3.05, 3.63) is 80.9 Å². The number of hydrogen-bond acceptors (Lipinski definition) is 4. The molecule has 6 nitrogen and oxygen atoms in total. The van der Waals surface area contributed by atoms with Crippen LogP contribution in [0.5, 0.6) is 0 Å². The number of carbonyl (C=O) groups is 1. The van der Waals surface area contributed by atoms with E-state index in [1.165, 1.54) is 16.7 Å². The maximum atomic E-state index is 14.0. The Bertz CT molecular complexity index is 1300. The van der Waals surface area contributed by atoms with Gasteiger partial charge in [-0.3, -0.25) is 14.2 Å². The molecule has 0 bridgehead atoms. The fourth-order valence-corrected chi connectivity index (χ4v) is 4.13. The van der Waals surface area contributed by atoms with E-state index in [0.717, 1.165) is 17.5 Å². The third-order valence-corrected chi connectivity index (χ3v) is 5.74. The van der Waals surface area contributed by atoms with Crippen molar-refractivity contribution in [2.45, 2.75) is 12.1 Å². The van der Waals surface area contributed by atoms with Crippen LogP contribution >= 0.6 is 27.7 Å². The number of aromatic amines is 1. The van der Waals surface area contributed by atoms with Crippen LogP contribution in [-0.2, 0) is 4.79 Å². The predicted molar refractivity (Wildman–Crippen MR) is 120 cm³/mol. The number of anilines is 1. The number of para-hydroxylation sites is 1. The maximum Gasteiger partial charge on any atom is 0.283 e. The molecule has 2 aromatic carbocycles. The lowest BCUT2D eigenvalue weighted by Gasteiger charge is -2.12. The summed E-state index contributed by atoms with van der Waals surface area (Å²) >= 11 is 4.29. The molecule has 9 heteroatoms. The van der Waals surface area contributed by atoms with E-state index in [0.29, 0.717) is 26.3 Å². The Hall–Kier alpha value is -2.91. The predicted octanol–water partition coefficient (Wildman–Crippen LogP) is 4.65. The van der Waals surface area contributed by atoms with E-state index in [1.807, 2.05) is 25.1 Å². The van der Waals surface area contributed by atoms with Gasteiger partial charge >= 0.3 is 0 Å². The van der Waals surface area contributed by atoms with Crippen LogP contribution in [0.4, 0.5) is 10.1 Å². The molecule has 0 spiro atoms. The topological polar surface area (TPSA) is 79.8 Å². The number of nitrogens with zero attached hydrogens (tertiary/aromatic N) is 2. The molecule has 0 radical (unpaired) electrons. The second-order valence-corrected chi connectivity index (χ2v) is 8.40. The number of benzene rings is 2. The molecule has 2 aromatic heterocycles. The van der Waals surface area contributed by atoms with E-state index in [9.17, 15) is 14.0 Å². The number of carbonyl (C=O) groups excluding carboxylic acids is 1. The van der Waals surface area contributed by atoms with E-state index >= 15 is 0 Å². The minimum absolute atomic E-state index is 0.0380. The number of halogens is 2. The van der Waals surface area contributed by atoms with Crippen LogP contribution in [0.3, 0.4) is 0 Å². The molecule has 1 amide bonds.